The van der Waals surface area contributed by atoms with Crippen LogP contribution in [-0.2, 0) is 11.8 Å². The number of piperidine rings is 1. The molecule has 2 aliphatic heterocycles. The lowest BCUT2D eigenvalue weighted by atomic mass is 9.70. The van der Waals surface area contributed by atoms with Crippen LogP contribution >= 0.6 is 0 Å². The van der Waals surface area contributed by atoms with Gasteiger partial charge in [0.15, 0.2) is 0 Å². The van der Waals surface area contributed by atoms with E-state index in [4.69, 9.17) is 4.74 Å². The SMILES string of the molecule is CN1CCC(C2(O)c3ccccc3Oc3ccc(C(F)(F)F)cc32)CC1. The van der Waals surface area contributed by atoms with Gasteiger partial charge in [-0.15, -0.1) is 0 Å². The van der Waals surface area contributed by atoms with Gasteiger partial charge in [0.1, 0.15) is 17.1 Å². The van der Waals surface area contributed by atoms with E-state index in [2.05, 4.69) is 4.90 Å². The van der Waals surface area contributed by atoms with Crippen molar-refractivity contribution in [3.63, 3.8) is 0 Å². The lowest BCUT2D eigenvalue weighted by molar-refractivity contribution is -0.137. The molecule has 4 rings (SSSR count). The summed E-state index contributed by atoms with van der Waals surface area (Å²) in [6.45, 7) is 1.59. The molecular weight excluding hydrogens is 343 g/mol. The third kappa shape index (κ3) is 2.68. The minimum Gasteiger partial charge on any atom is -0.457 e. The average molecular weight is 363 g/mol. The molecular formula is C20H20F3NO2. The lowest BCUT2D eigenvalue weighted by Gasteiger charge is -2.44. The van der Waals surface area contributed by atoms with Crippen molar-refractivity contribution < 1.29 is 23.0 Å². The van der Waals surface area contributed by atoms with Crippen LogP contribution in [0.1, 0.15) is 29.5 Å². The molecule has 1 unspecified atom stereocenters. The van der Waals surface area contributed by atoms with E-state index in [-0.39, 0.29) is 17.2 Å². The molecule has 26 heavy (non-hydrogen) atoms. The molecule has 0 saturated carbocycles. The molecule has 138 valence electrons. The van der Waals surface area contributed by atoms with Crippen molar-refractivity contribution in [2.75, 3.05) is 20.1 Å². The maximum absolute atomic E-state index is 13.3. The Balaban J connectivity index is 1.89. The third-order valence-electron chi connectivity index (χ3n) is 5.54. The number of nitrogens with zero attached hydrogens (tertiary/aromatic N) is 1. The smallest absolute Gasteiger partial charge is 0.416 e. The number of hydrogen-bond acceptors (Lipinski definition) is 3. The number of para-hydroxylation sites is 1. The zero-order valence-corrected chi connectivity index (χ0v) is 14.4. The van der Waals surface area contributed by atoms with Crippen molar-refractivity contribution in [2.24, 2.45) is 5.92 Å². The van der Waals surface area contributed by atoms with Crippen molar-refractivity contribution in [3.8, 4) is 11.5 Å². The van der Waals surface area contributed by atoms with Gasteiger partial charge in [-0.2, -0.15) is 13.2 Å². The lowest BCUT2D eigenvalue weighted by Crippen LogP contribution is -2.44. The largest absolute Gasteiger partial charge is 0.457 e. The molecule has 2 aromatic rings. The second-order valence-electron chi connectivity index (χ2n) is 7.15. The first-order valence-electron chi connectivity index (χ1n) is 8.70. The average Bonchev–Trinajstić information content (AvgIpc) is 2.61. The highest BCUT2D eigenvalue weighted by molar-refractivity contribution is 5.57. The fraction of sp³-hybridized carbons (Fsp3) is 0.400. The van der Waals surface area contributed by atoms with Crippen LogP contribution in [0, 0.1) is 5.92 Å². The maximum Gasteiger partial charge on any atom is 0.416 e. The van der Waals surface area contributed by atoms with E-state index in [1.807, 2.05) is 7.05 Å². The van der Waals surface area contributed by atoms with Crippen LogP contribution in [0.4, 0.5) is 13.2 Å². The number of ether oxygens (including phenoxy) is 1. The molecule has 1 fully saturated rings. The van der Waals surface area contributed by atoms with Gasteiger partial charge in [0.05, 0.1) is 5.56 Å². The van der Waals surface area contributed by atoms with Gasteiger partial charge in [-0.1, -0.05) is 18.2 Å². The Morgan fingerprint density at radius 3 is 2.38 bits per heavy atom. The van der Waals surface area contributed by atoms with E-state index in [0.29, 0.717) is 24.2 Å². The number of benzene rings is 2. The summed E-state index contributed by atoms with van der Waals surface area (Å²) in [5.41, 5.74) is -1.51. The third-order valence-corrected chi connectivity index (χ3v) is 5.54. The minimum absolute atomic E-state index is 0.175. The van der Waals surface area contributed by atoms with Gasteiger partial charge in [0.2, 0.25) is 0 Å². The molecule has 0 radical (unpaired) electrons. The van der Waals surface area contributed by atoms with Crippen LogP contribution in [-0.4, -0.2) is 30.1 Å². The molecule has 2 heterocycles. The Labute approximate surface area is 150 Å². The van der Waals surface area contributed by atoms with E-state index in [1.54, 1.807) is 24.3 Å². The van der Waals surface area contributed by atoms with Gasteiger partial charge in [-0.05, 0) is 63.2 Å². The van der Waals surface area contributed by atoms with Crippen LogP contribution in [0.5, 0.6) is 11.5 Å². The van der Waals surface area contributed by atoms with Gasteiger partial charge in [-0.25, -0.2) is 0 Å². The van der Waals surface area contributed by atoms with E-state index < -0.39 is 17.3 Å². The topological polar surface area (TPSA) is 32.7 Å². The van der Waals surface area contributed by atoms with Crippen molar-refractivity contribution in [3.05, 3.63) is 59.2 Å². The van der Waals surface area contributed by atoms with E-state index in [0.717, 1.165) is 25.2 Å². The Morgan fingerprint density at radius 1 is 1.04 bits per heavy atom. The number of fused-ring (bicyclic) bond motifs is 2. The summed E-state index contributed by atoms with van der Waals surface area (Å²) in [4.78, 5) is 2.16. The van der Waals surface area contributed by atoms with Crippen LogP contribution < -0.4 is 4.74 Å². The molecule has 1 atom stereocenters. The standard InChI is InChI=1S/C20H20F3NO2/c1-24-10-8-13(9-11-24)19(25)15-4-2-3-5-17(15)26-18-7-6-14(12-16(18)19)20(21,22)23/h2-7,12-13,25H,8-11H2,1H3. The normalized spacial score (nSPS) is 23.9. The zero-order valence-electron chi connectivity index (χ0n) is 14.4. The number of likely N-dealkylation sites (tertiary alicyclic amines) is 1. The first kappa shape index (κ1) is 17.4. The predicted octanol–water partition coefficient (Wildman–Crippen LogP) is 4.39. The number of alkyl halides is 3. The van der Waals surface area contributed by atoms with Crippen LogP contribution in [0.2, 0.25) is 0 Å². The molecule has 0 aromatic heterocycles. The van der Waals surface area contributed by atoms with Gasteiger partial charge in [0, 0.05) is 11.1 Å². The minimum atomic E-state index is -4.47. The molecule has 2 aliphatic rings. The number of aliphatic hydroxyl groups is 1. The van der Waals surface area contributed by atoms with E-state index >= 15 is 0 Å². The summed E-state index contributed by atoms with van der Waals surface area (Å²) in [7, 11) is 2.01. The fourth-order valence-corrected chi connectivity index (χ4v) is 4.09. The summed E-state index contributed by atoms with van der Waals surface area (Å²) in [6, 6.07) is 10.4. The van der Waals surface area contributed by atoms with Crippen LogP contribution in [0.15, 0.2) is 42.5 Å². The highest BCUT2D eigenvalue weighted by Gasteiger charge is 2.48. The predicted molar refractivity (Wildman–Crippen MR) is 91.2 cm³/mol. The quantitative estimate of drug-likeness (QED) is 0.816. The Bertz CT molecular complexity index is 828. The summed E-state index contributed by atoms with van der Waals surface area (Å²) in [6.07, 6.45) is -3.06. The second-order valence-corrected chi connectivity index (χ2v) is 7.15. The van der Waals surface area contributed by atoms with Gasteiger partial charge < -0.3 is 14.7 Å². The highest BCUT2D eigenvalue weighted by Crippen LogP contribution is 2.53. The first-order chi connectivity index (χ1) is 12.3. The van der Waals surface area contributed by atoms with Crippen molar-refractivity contribution >= 4 is 0 Å². The second kappa shape index (κ2) is 5.99. The fourth-order valence-electron chi connectivity index (χ4n) is 4.09. The Kier molecular flexibility index (Phi) is 4.00. The molecule has 1 N–H and O–H groups in total. The molecule has 0 aliphatic carbocycles. The van der Waals surface area contributed by atoms with Crippen molar-refractivity contribution in [2.45, 2.75) is 24.6 Å². The summed E-state index contributed by atoms with van der Waals surface area (Å²) in [5.74, 6) is 0.616. The maximum atomic E-state index is 13.3. The van der Waals surface area contributed by atoms with Gasteiger partial charge in [0.25, 0.3) is 0 Å². The molecule has 1 saturated heterocycles. The van der Waals surface area contributed by atoms with Crippen LogP contribution in [0.3, 0.4) is 0 Å². The van der Waals surface area contributed by atoms with E-state index in [9.17, 15) is 18.3 Å². The van der Waals surface area contributed by atoms with Crippen LogP contribution in [0.25, 0.3) is 0 Å². The molecule has 0 amide bonds. The van der Waals surface area contributed by atoms with Crippen molar-refractivity contribution in [1.29, 1.82) is 0 Å². The summed E-state index contributed by atoms with van der Waals surface area (Å²) >= 11 is 0. The molecule has 6 heteroatoms. The molecule has 0 spiro atoms. The molecule has 0 bridgehead atoms. The highest BCUT2D eigenvalue weighted by atomic mass is 19.4. The monoisotopic (exact) mass is 363 g/mol. The van der Waals surface area contributed by atoms with Crippen molar-refractivity contribution in [1.82, 2.24) is 4.90 Å². The van der Waals surface area contributed by atoms with Gasteiger partial charge in [-0.3, -0.25) is 0 Å². The number of hydrogen-bond donors (Lipinski definition) is 1. The zero-order chi connectivity index (χ0) is 18.5. The number of rotatable bonds is 1. The Hall–Kier alpha value is -2.05. The molecule has 2 aromatic carbocycles. The summed E-state index contributed by atoms with van der Waals surface area (Å²) < 4.78 is 45.6. The Morgan fingerprint density at radius 2 is 1.69 bits per heavy atom. The van der Waals surface area contributed by atoms with Gasteiger partial charge >= 0.3 is 6.18 Å². The van der Waals surface area contributed by atoms with E-state index in [1.165, 1.54) is 6.07 Å². The summed E-state index contributed by atoms with van der Waals surface area (Å²) in [5, 5.41) is 11.8. The number of halogens is 3. The molecule has 3 nitrogen and oxygen atoms in total. The first-order valence-corrected chi connectivity index (χ1v) is 8.70.